The van der Waals surface area contributed by atoms with Gasteiger partial charge in [-0.15, -0.1) is 0 Å². The molecule has 0 amide bonds. The maximum Gasteiger partial charge on any atom is 0.317 e. The fourth-order valence-electron chi connectivity index (χ4n) is 4.49. The average Bonchev–Trinajstić information content (AvgIpc) is 3.00. The highest BCUT2D eigenvalue weighted by Gasteiger charge is 2.26. The maximum atomic E-state index is 14.0. The number of carbonyl (C=O) groups is 1. The predicted molar refractivity (Wildman–Crippen MR) is 110 cm³/mol. The fraction of sp³-hybridized carbons (Fsp3) is 0.273. The third-order valence-corrected chi connectivity index (χ3v) is 5.83. The molecule has 0 bridgehead atoms. The third kappa shape index (κ3) is 2.98. The van der Waals surface area contributed by atoms with E-state index in [0.717, 1.165) is 45.5 Å². The van der Waals surface area contributed by atoms with E-state index in [1.165, 1.54) is 11.6 Å². The lowest BCUT2D eigenvalue weighted by Gasteiger charge is -2.25. The van der Waals surface area contributed by atoms with Crippen molar-refractivity contribution in [1.82, 2.24) is 14.9 Å². The number of carboxylic acids is 1. The molecular weight excluding hydrogens is 371 g/mol. The Labute approximate surface area is 167 Å². The van der Waals surface area contributed by atoms with Crippen LogP contribution in [0.25, 0.3) is 27.7 Å². The average molecular weight is 392 g/mol. The van der Waals surface area contributed by atoms with E-state index in [2.05, 4.69) is 20.9 Å². The summed E-state index contributed by atoms with van der Waals surface area (Å²) < 4.78 is 14.0. The van der Waals surface area contributed by atoms with E-state index in [1.807, 2.05) is 24.1 Å². The van der Waals surface area contributed by atoms with Crippen LogP contribution < -0.4 is 4.90 Å². The van der Waals surface area contributed by atoms with Crippen molar-refractivity contribution in [2.24, 2.45) is 0 Å². The highest BCUT2D eigenvalue weighted by Crippen LogP contribution is 2.43. The van der Waals surface area contributed by atoms with Crippen molar-refractivity contribution in [3.8, 4) is 11.1 Å². The Balaban J connectivity index is 1.64. The molecule has 29 heavy (non-hydrogen) atoms. The van der Waals surface area contributed by atoms with E-state index in [0.29, 0.717) is 19.6 Å². The first kappa shape index (κ1) is 17.9. The number of hydrogen-bond donors (Lipinski definition) is 2. The quantitative estimate of drug-likeness (QED) is 0.714. The SMILES string of the molecule is CN1Cc2c(C3=CCN(CC(=O)O)CC3)[nH]c3nccc(c23)-c2cc(F)ccc21. The Hall–Kier alpha value is -3.19. The second-order valence-corrected chi connectivity index (χ2v) is 7.69. The number of anilines is 1. The van der Waals surface area contributed by atoms with Gasteiger partial charge in [0.15, 0.2) is 0 Å². The summed E-state index contributed by atoms with van der Waals surface area (Å²) in [6.45, 7) is 2.05. The van der Waals surface area contributed by atoms with Crippen LogP contribution in [0.4, 0.5) is 10.1 Å². The lowest BCUT2D eigenvalue weighted by Crippen LogP contribution is -2.33. The lowest BCUT2D eigenvalue weighted by atomic mass is 9.97. The summed E-state index contributed by atoms with van der Waals surface area (Å²) in [4.78, 5) is 23.0. The molecular formula is C22H21FN4O2. The van der Waals surface area contributed by atoms with E-state index >= 15 is 0 Å². The molecule has 6 nitrogen and oxygen atoms in total. The molecule has 2 aliphatic rings. The number of H-pyrrole nitrogens is 1. The molecule has 2 N–H and O–H groups in total. The van der Waals surface area contributed by atoms with E-state index in [9.17, 15) is 9.18 Å². The normalized spacial score (nSPS) is 16.5. The van der Waals surface area contributed by atoms with Gasteiger partial charge >= 0.3 is 5.97 Å². The smallest absolute Gasteiger partial charge is 0.317 e. The minimum atomic E-state index is -0.806. The van der Waals surface area contributed by atoms with Crippen molar-refractivity contribution in [2.45, 2.75) is 13.0 Å². The molecule has 4 heterocycles. The first-order valence-electron chi connectivity index (χ1n) is 9.65. The van der Waals surface area contributed by atoms with Crippen molar-refractivity contribution >= 4 is 28.3 Å². The number of nitrogens with one attached hydrogen (secondary N) is 1. The number of carboxylic acid groups (broad SMARTS) is 1. The minimum Gasteiger partial charge on any atom is -0.480 e. The molecule has 1 aromatic carbocycles. The number of hydrogen-bond acceptors (Lipinski definition) is 4. The monoisotopic (exact) mass is 392 g/mol. The summed E-state index contributed by atoms with van der Waals surface area (Å²) in [6.07, 6.45) is 4.63. The van der Waals surface area contributed by atoms with Crippen LogP contribution in [-0.2, 0) is 11.3 Å². The number of nitrogens with zero attached hydrogens (tertiary/aromatic N) is 3. The Morgan fingerprint density at radius 3 is 2.93 bits per heavy atom. The van der Waals surface area contributed by atoms with Gasteiger partial charge in [0.25, 0.3) is 0 Å². The number of aromatic amines is 1. The van der Waals surface area contributed by atoms with Gasteiger partial charge in [-0.2, -0.15) is 0 Å². The molecule has 2 aromatic heterocycles. The number of aromatic nitrogens is 2. The molecule has 0 unspecified atom stereocenters. The first-order valence-corrected chi connectivity index (χ1v) is 9.65. The molecule has 148 valence electrons. The van der Waals surface area contributed by atoms with Crippen molar-refractivity contribution in [3.63, 3.8) is 0 Å². The number of benzene rings is 1. The molecule has 7 heteroatoms. The molecule has 3 aromatic rings. The van der Waals surface area contributed by atoms with Gasteiger partial charge in [0.2, 0.25) is 0 Å². The van der Waals surface area contributed by atoms with Crippen LogP contribution in [0.1, 0.15) is 17.7 Å². The Kier molecular flexibility index (Phi) is 4.13. The second kappa shape index (κ2) is 6.70. The van der Waals surface area contributed by atoms with Gasteiger partial charge in [-0.05, 0) is 41.8 Å². The van der Waals surface area contributed by atoms with Crippen molar-refractivity contribution in [1.29, 1.82) is 0 Å². The number of pyridine rings is 1. The summed E-state index contributed by atoms with van der Waals surface area (Å²) in [7, 11) is 2.02. The highest BCUT2D eigenvalue weighted by molar-refractivity contribution is 6.02. The fourth-order valence-corrected chi connectivity index (χ4v) is 4.49. The van der Waals surface area contributed by atoms with Crippen LogP contribution in [0, 0.1) is 5.82 Å². The van der Waals surface area contributed by atoms with Gasteiger partial charge in [0.05, 0.1) is 6.54 Å². The van der Waals surface area contributed by atoms with Crippen LogP contribution in [0.5, 0.6) is 0 Å². The van der Waals surface area contributed by atoms with Gasteiger partial charge in [-0.1, -0.05) is 6.08 Å². The summed E-state index contributed by atoms with van der Waals surface area (Å²) in [5.41, 5.74) is 7.02. The topological polar surface area (TPSA) is 72.5 Å². The minimum absolute atomic E-state index is 0.0542. The molecule has 0 spiro atoms. The third-order valence-electron chi connectivity index (χ3n) is 5.83. The zero-order chi connectivity index (χ0) is 20.1. The zero-order valence-corrected chi connectivity index (χ0v) is 16.1. The van der Waals surface area contributed by atoms with E-state index in [4.69, 9.17) is 5.11 Å². The number of halogens is 1. The van der Waals surface area contributed by atoms with Gasteiger partial charge in [-0.3, -0.25) is 9.69 Å². The molecule has 0 saturated heterocycles. The highest BCUT2D eigenvalue weighted by atomic mass is 19.1. The summed E-state index contributed by atoms with van der Waals surface area (Å²) in [6, 6.07) is 6.87. The number of fused-ring (bicyclic) bond motifs is 2. The maximum absolute atomic E-state index is 14.0. The largest absolute Gasteiger partial charge is 0.480 e. The van der Waals surface area contributed by atoms with Gasteiger partial charge in [0, 0.05) is 60.8 Å². The number of aliphatic carboxylic acids is 1. The summed E-state index contributed by atoms with van der Waals surface area (Å²) >= 11 is 0. The molecule has 2 aliphatic heterocycles. The van der Waals surface area contributed by atoms with E-state index < -0.39 is 5.97 Å². The van der Waals surface area contributed by atoms with Crippen LogP contribution in [0.2, 0.25) is 0 Å². The van der Waals surface area contributed by atoms with Gasteiger partial charge < -0.3 is 15.0 Å². The van der Waals surface area contributed by atoms with Crippen LogP contribution >= 0.6 is 0 Å². The van der Waals surface area contributed by atoms with E-state index in [1.54, 1.807) is 12.3 Å². The molecule has 0 atom stereocenters. The second-order valence-electron chi connectivity index (χ2n) is 7.69. The molecule has 0 aliphatic carbocycles. The summed E-state index contributed by atoms with van der Waals surface area (Å²) in [5.74, 6) is -1.06. The Morgan fingerprint density at radius 2 is 2.17 bits per heavy atom. The van der Waals surface area contributed by atoms with Crippen molar-refractivity contribution in [2.75, 3.05) is 31.6 Å². The van der Waals surface area contributed by atoms with Crippen LogP contribution in [0.3, 0.4) is 0 Å². The Bertz CT molecular complexity index is 1170. The Morgan fingerprint density at radius 1 is 1.31 bits per heavy atom. The standard InChI is InChI=1S/C22H21FN4O2/c1-26-11-17-20-15(16-10-14(23)2-3-18(16)26)4-7-24-22(20)25-21(17)13-5-8-27(9-6-13)12-19(28)29/h2-5,7,10H,6,8-9,11-12H2,1H3,(H,24,25)(H,28,29). The zero-order valence-electron chi connectivity index (χ0n) is 16.1. The van der Waals surface area contributed by atoms with Gasteiger partial charge in [-0.25, -0.2) is 9.37 Å². The molecule has 0 fully saturated rings. The molecule has 0 radical (unpaired) electrons. The lowest BCUT2D eigenvalue weighted by molar-refractivity contribution is -0.138. The predicted octanol–water partition coefficient (Wildman–Crippen LogP) is 3.49. The summed E-state index contributed by atoms with van der Waals surface area (Å²) in [5, 5.41) is 10.1. The van der Waals surface area contributed by atoms with Crippen molar-refractivity contribution in [3.05, 3.63) is 53.6 Å². The van der Waals surface area contributed by atoms with E-state index in [-0.39, 0.29) is 12.4 Å². The number of rotatable bonds is 3. The molecule has 5 rings (SSSR count). The van der Waals surface area contributed by atoms with Crippen LogP contribution in [-0.4, -0.2) is 52.6 Å². The van der Waals surface area contributed by atoms with Gasteiger partial charge in [0.1, 0.15) is 11.5 Å². The molecule has 0 saturated carbocycles. The van der Waals surface area contributed by atoms with Crippen molar-refractivity contribution < 1.29 is 14.3 Å². The van der Waals surface area contributed by atoms with Crippen LogP contribution in [0.15, 0.2) is 36.5 Å². The first-order chi connectivity index (χ1) is 14.0.